The predicted molar refractivity (Wildman–Crippen MR) is 65.0 cm³/mol. The minimum Gasteiger partial charge on any atom is -0.436 e. The third-order valence-electron chi connectivity index (χ3n) is 3.27. The third kappa shape index (κ3) is 1.98. The summed E-state index contributed by atoms with van der Waals surface area (Å²) in [5.41, 5.74) is 0.526. The molecule has 0 amide bonds. The lowest BCUT2D eigenvalue weighted by Gasteiger charge is -2.30. The number of aryl methyl sites for hydroxylation is 1. The second-order valence-electron chi connectivity index (χ2n) is 4.46. The number of aromatic nitrogens is 1. The Hall–Kier alpha value is -1.95. The summed E-state index contributed by atoms with van der Waals surface area (Å²) in [4.78, 5) is 30.3. The molecule has 1 saturated heterocycles. The van der Waals surface area contributed by atoms with Crippen molar-refractivity contribution in [2.24, 2.45) is 0 Å². The number of Topliss-reactive ketones (excluding diaryl/α,β-unsaturated/α-hetero) is 1. The number of hydrogen-bond donors (Lipinski definition) is 0. The van der Waals surface area contributed by atoms with Crippen LogP contribution in [0.4, 0.5) is 0 Å². The van der Waals surface area contributed by atoms with Gasteiger partial charge in [-0.1, -0.05) is 6.92 Å². The Kier molecular flexibility index (Phi) is 2.94. The van der Waals surface area contributed by atoms with Crippen LogP contribution in [0, 0.1) is 0 Å². The fraction of sp³-hybridized carbons (Fsp3) is 0.462. The van der Waals surface area contributed by atoms with Crippen molar-refractivity contribution in [1.29, 1.82) is 0 Å². The topological polar surface area (TPSA) is 72.6 Å². The molecule has 6 heteroatoms. The zero-order valence-corrected chi connectivity index (χ0v) is 10.6. The molecule has 19 heavy (non-hydrogen) atoms. The van der Waals surface area contributed by atoms with Crippen LogP contribution in [0.2, 0.25) is 0 Å². The monoisotopic (exact) mass is 262 g/mol. The van der Waals surface area contributed by atoms with Crippen molar-refractivity contribution in [3.8, 4) is 0 Å². The van der Waals surface area contributed by atoms with Gasteiger partial charge in [0.25, 0.3) is 0 Å². The maximum Gasteiger partial charge on any atom is 0.246 e. The Balaban J connectivity index is 1.96. The SMILES string of the molecule is CCc1nc2c(o1)C(=O)C(N1CCOCC1)=CC2=O. The number of fused-ring (bicyclic) bond motifs is 1. The molecule has 100 valence electrons. The first kappa shape index (κ1) is 12.1. The minimum atomic E-state index is -0.264. The molecule has 3 rings (SSSR count). The number of ketones is 2. The van der Waals surface area contributed by atoms with Gasteiger partial charge in [-0.3, -0.25) is 9.59 Å². The van der Waals surface area contributed by atoms with Crippen LogP contribution in [0.3, 0.4) is 0 Å². The summed E-state index contributed by atoms with van der Waals surface area (Å²) < 4.78 is 10.6. The van der Waals surface area contributed by atoms with Crippen LogP contribution >= 0.6 is 0 Å². The number of oxazole rings is 1. The number of carbonyl (C=O) groups excluding carboxylic acids is 2. The average molecular weight is 262 g/mol. The van der Waals surface area contributed by atoms with Crippen molar-refractivity contribution in [3.63, 3.8) is 0 Å². The summed E-state index contributed by atoms with van der Waals surface area (Å²) in [6.07, 6.45) is 1.92. The largest absolute Gasteiger partial charge is 0.436 e. The van der Waals surface area contributed by atoms with Gasteiger partial charge in [0.15, 0.2) is 11.6 Å². The normalized spacial score (nSPS) is 19.4. The van der Waals surface area contributed by atoms with Gasteiger partial charge in [-0.25, -0.2) is 4.98 Å². The number of allylic oxidation sites excluding steroid dienone is 2. The van der Waals surface area contributed by atoms with Gasteiger partial charge in [-0.15, -0.1) is 0 Å². The molecule has 0 aromatic carbocycles. The van der Waals surface area contributed by atoms with Crippen molar-refractivity contribution < 1.29 is 18.7 Å². The summed E-state index contributed by atoms with van der Waals surface area (Å²) in [6, 6.07) is 0. The minimum absolute atomic E-state index is 0.0749. The van der Waals surface area contributed by atoms with Crippen LogP contribution in [-0.4, -0.2) is 47.8 Å². The molecule has 1 aromatic heterocycles. The molecule has 0 atom stereocenters. The number of hydrogen-bond acceptors (Lipinski definition) is 6. The molecule has 0 N–H and O–H groups in total. The summed E-state index contributed by atoms with van der Waals surface area (Å²) in [7, 11) is 0. The van der Waals surface area contributed by atoms with Crippen molar-refractivity contribution in [2.45, 2.75) is 13.3 Å². The first-order chi connectivity index (χ1) is 9.20. The summed E-state index contributed by atoms with van der Waals surface area (Å²) >= 11 is 0. The zero-order chi connectivity index (χ0) is 13.4. The van der Waals surface area contributed by atoms with Crippen LogP contribution in [0.5, 0.6) is 0 Å². The van der Waals surface area contributed by atoms with Crippen LogP contribution in [0.1, 0.15) is 33.9 Å². The predicted octanol–water partition coefficient (Wildman–Crippen LogP) is 0.832. The molecule has 6 nitrogen and oxygen atoms in total. The van der Waals surface area contributed by atoms with E-state index in [0.717, 1.165) is 0 Å². The van der Waals surface area contributed by atoms with Crippen molar-refractivity contribution in [1.82, 2.24) is 9.88 Å². The number of morpholine rings is 1. The smallest absolute Gasteiger partial charge is 0.246 e. The summed E-state index contributed by atoms with van der Waals surface area (Å²) in [6.45, 7) is 4.19. The van der Waals surface area contributed by atoms with E-state index in [4.69, 9.17) is 9.15 Å². The number of ether oxygens (including phenoxy) is 1. The highest BCUT2D eigenvalue weighted by molar-refractivity contribution is 6.22. The summed E-state index contributed by atoms with van der Waals surface area (Å²) in [5, 5.41) is 0. The fourth-order valence-corrected chi connectivity index (χ4v) is 2.25. The van der Waals surface area contributed by atoms with Gasteiger partial charge >= 0.3 is 0 Å². The third-order valence-corrected chi connectivity index (χ3v) is 3.27. The number of nitrogens with zero attached hydrogens (tertiary/aromatic N) is 2. The van der Waals surface area contributed by atoms with Crippen molar-refractivity contribution in [2.75, 3.05) is 26.3 Å². The molecule has 1 aliphatic carbocycles. The molecule has 1 fully saturated rings. The zero-order valence-electron chi connectivity index (χ0n) is 10.6. The molecule has 1 aliphatic heterocycles. The molecule has 2 heterocycles. The molecule has 0 spiro atoms. The first-order valence-corrected chi connectivity index (χ1v) is 6.34. The van der Waals surface area contributed by atoms with Gasteiger partial charge in [0.1, 0.15) is 0 Å². The Morgan fingerprint density at radius 1 is 1.32 bits per heavy atom. The van der Waals surface area contributed by atoms with E-state index in [1.807, 2.05) is 11.8 Å². The molecular formula is C13H14N2O4. The maximum absolute atomic E-state index is 12.4. The standard InChI is InChI=1S/C13H14N2O4/c1-2-10-14-11-9(16)7-8(12(17)13(11)19-10)15-3-5-18-6-4-15/h7H,2-6H2,1H3. The number of rotatable bonds is 2. The number of carbonyl (C=O) groups is 2. The molecular weight excluding hydrogens is 248 g/mol. The highest BCUT2D eigenvalue weighted by Crippen LogP contribution is 2.24. The maximum atomic E-state index is 12.4. The van der Waals surface area contributed by atoms with E-state index >= 15 is 0 Å². The van der Waals surface area contributed by atoms with E-state index in [9.17, 15) is 9.59 Å². The van der Waals surface area contributed by atoms with Crippen molar-refractivity contribution in [3.05, 3.63) is 29.1 Å². The van der Waals surface area contributed by atoms with Crippen LogP contribution in [0.15, 0.2) is 16.2 Å². The van der Waals surface area contributed by atoms with Gasteiger partial charge in [-0.2, -0.15) is 0 Å². The highest BCUT2D eigenvalue weighted by atomic mass is 16.5. The van der Waals surface area contributed by atoms with Crippen molar-refractivity contribution >= 4 is 11.6 Å². The second kappa shape index (κ2) is 4.62. The first-order valence-electron chi connectivity index (χ1n) is 6.34. The van der Waals surface area contributed by atoms with Crippen LogP contribution in [0.25, 0.3) is 0 Å². The van der Waals surface area contributed by atoms with Gasteiger partial charge < -0.3 is 14.1 Å². The van der Waals surface area contributed by atoms with Crippen LogP contribution < -0.4 is 0 Å². The molecule has 2 aliphatic rings. The Morgan fingerprint density at radius 2 is 2.05 bits per heavy atom. The molecule has 0 saturated carbocycles. The lowest BCUT2D eigenvalue weighted by molar-refractivity contribution is 0.0495. The highest BCUT2D eigenvalue weighted by Gasteiger charge is 2.34. The van der Waals surface area contributed by atoms with E-state index < -0.39 is 0 Å². The van der Waals surface area contributed by atoms with E-state index in [2.05, 4.69) is 4.98 Å². The van der Waals surface area contributed by atoms with Gasteiger partial charge in [0.2, 0.25) is 17.3 Å². The average Bonchev–Trinajstić information content (AvgIpc) is 2.89. The quantitative estimate of drug-likeness (QED) is 0.786. The Morgan fingerprint density at radius 3 is 2.74 bits per heavy atom. The van der Waals surface area contributed by atoms with E-state index in [0.29, 0.717) is 44.3 Å². The fourth-order valence-electron chi connectivity index (χ4n) is 2.25. The van der Waals surface area contributed by atoms with Gasteiger partial charge in [0, 0.05) is 25.6 Å². The second-order valence-corrected chi connectivity index (χ2v) is 4.46. The van der Waals surface area contributed by atoms with Gasteiger partial charge in [-0.05, 0) is 0 Å². The van der Waals surface area contributed by atoms with E-state index in [-0.39, 0.29) is 23.0 Å². The van der Waals surface area contributed by atoms with E-state index in [1.54, 1.807) is 0 Å². The summed E-state index contributed by atoms with van der Waals surface area (Å²) in [5.74, 6) is -0.0302. The van der Waals surface area contributed by atoms with Gasteiger partial charge in [0.05, 0.1) is 18.9 Å². The lowest BCUT2D eigenvalue weighted by atomic mass is 10.0. The van der Waals surface area contributed by atoms with Crippen LogP contribution in [-0.2, 0) is 11.2 Å². The Labute approximate surface area is 110 Å². The molecule has 1 aromatic rings. The molecule has 0 bridgehead atoms. The molecule has 0 unspecified atom stereocenters. The molecule has 0 radical (unpaired) electrons. The Bertz CT molecular complexity index is 567. The van der Waals surface area contributed by atoms with E-state index in [1.165, 1.54) is 6.08 Å². The lowest BCUT2D eigenvalue weighted by Crippen LogP contribution is -2.39.